The normalized spacial score (nSPS) is 15.7. The number of rotatable bonds is 7. The van der Waals surface area contributed by atoms with Crippen molar-refractivity contribution in [3.05, 3.63) is 0 Å². The molecule has 0 spiro atoms. The van der Waals surface area contributed by atoms with Gasteiger partial charge in [-0.25, -0.2) is 4.79 Å². The van der Waals surface area contributed by atoms with Gasteiger partial charge in [0.2, 0.25) is 6.29 Å². The molecule has 21 heavy (non-hydrogen) atoms. The van der Waals surface area contributed by atoms with Crippen molar-refractivity contribution in [3.63, 3.8) is 0 Å². The van der Waals surface area contributed by atoms with Gasteiger partial charge in [-0.3, -0.25) is 0 Å². The van der Waals surface area contributed by atoms with E-state index in [9.17, 15) is 19.8 Å². The number of carbonyl (C=O) groups is 2. The summed E-state index contributed by atoms with van der Waals surface area (Å²) >= 11 is 0. The largest absolute Gasteiger partial charge is 0.530 e. The number of hydrogen-bond donors (Lipinski definition) is 4. The molecule has 2 amide bonds. The molecular formula is C13H27N2O6-. The fourth-order valence-electron chi connectivity index (χ4n) is 1.41. The second-order valence-corrected chi connectivity index (χ2v) is 5.09. The number of ether oxygens (including phenoxy) is 1. The van der Waals surface area contributed by atoms with Gasteiger partial charge in [0.05, 0.1) is 12.0 Å². The van der Waals surface area contributed by atoms with Crippen molar-refractivity contribution >= 4 is 12.2 Å². The van der Waals surface area contributed by atoms with Crippen molar-refractivity contribution in [1.82, 2.24) is 5.32 Å². The Hall–Kier alpha value is -1.54. The van der Waals surface area contributed by atoms with Crippen molar-refractivity contribution in [1.29, 1.82) is 0 Å². The number of carboxylic acid groups (broad SMARTS) is 1. The molecule has 126 valence electrons. The predicted molar refractivity (Wildman–Crippen MR) is 75.1 cm³/mol. The van der Waals surface area contributed by atoms with Crippen molar-refractivity contribution in [2.24, 2.45) is 11.1 Å². The Morgan fingerprint density at radius 3 is 2.19 bits per heavy atom. The Labute approximate surface area is 125 Å². The van der Waals surface area contributed by atoms with E-state index in [0.717, 1.165) is 12.8 Å². The van der Waals surface area contributed by atoms with Crippen LogP contribution in [0, 0.1) is 5.41 Å². The minimum absolute atomic E-state index is 0.0139. The second-order valence-electron chi connectivity index (χ2n) is 5.09. The van der Waals surface area contributed by atoms with E-state index < -0.39 is 23.9 Å². The van der Waals surface area contributed by atoms with Gasteiger partial charge in [-0.15, -0.1) is 0 Å². The van der Waals surface area contributed by atoms with Crippen LogP contribution in [-0.2, 0) is 4.74 Å². The fourth-order valence-corrected chi connectivity index (χ4v) is 1.41. The van der Waals surface area contributed by atoms with Gasteiger partial charge in [-0.2, -0.15) is 0 Å². The molecule has 0 aliphatic rings. The number of carbonyl (C=O) groups excluding carboxylic acids is 2. The van der Waals surface area contributed by atoms with Gasteiger partial charge in [0.1, 0.15) is 6.09 Å². The van der Waals surface area contributed by atoms with Crippen LogP contribution in [0.3, 0.4) is 0 Å². The van der Waals surface area contributed by atoms with E-state index in [2.05, 4.69) is 10.1 Å². The van der Waals surface area contributed by atoms with Crippen LogP contribution >= 0.6 is 0 Å². The molecule has 0 aliphatic carbocycles. The topological polar surface area (TPSA) is 145 Å². The molecule has 5 N–H and O–H groups in total. The second kappa shape index (κ2) is 11.2. The lowest BCUT2D eigenvalue weighted by Crippen LogP contribution is -2.41. The summed E-state index contributed by atoms with van der Waals surface area (Å²) in [5, 5.41) is 30.3. The number of aliphatic hydroxyl groups is 2. The summed E-state index contributed by atoms with van der Waals surface area (Å²) < 4.78 is 4.39. The molecule has 8 nitrogen and oxygen atoms in total. The van der Waals surface area contributed by atoms with Crippen LogP contribution in [0.1, 0.15) is 47.0 Å². The zero-order valence-corrected chi connectivity index (χ0v) is 13.1. The Kier molecular flexibility index (Phi) is 11.6. The highest BCUT2D eigenvalue weighted by Crippen LogP contribution is 2.27. The molecule has 0 heterocycles. The lowest BCUT2D eigenvalue weighted by atomic mass is 9.86. The monoisotopic (exact) mass is 307 g/mol. The number of primary amides is 1. The molecule has 0 aromatic carbocycles. The molecule has 0 saturated carbocycles. The maximum atomic E-state index is 10.3. The average Bonchev–Trinajstić information content (AvgIpc) is 2.37. The minimum atomic E-state index is -1.35. The third-order valence-corrected chi connectivity index (χ3v) is 2.98. The van der Waals surface area contributed by atoms with E-state index in [1.807, 2.05) is 13.8 Å². The highest BCUT2D eigenvalue weighted by atomic mass is 16.6. The van der Waals surface area contributed by atoms with Crippen LogP contribution in [0.5, 0.6) is 0 Å². The summed E-state index contributed by atoms with van der Waals surface area (Å²) in [6.07, 6.45) is -1.46. The zero-order valence-electron chi connectivity index (χ0n) is 13.1. The molecule has 0 aromatic heterocycles. The SMILES string of the molecule is CCC(C)NC(=O)[O-].CCCC(C)(CO)C(O)OC(N)=O. The van der Waals surface area contributed by atoms with Crippen LogP contribution < -0.4 is 16.2 Å². The Morgan fingerprint density at radius 2 is 1.95 bits per heavy atom. The Balaban J connectivity index is 0. The summed E-state index contributed by atoms with van der Waals surface area (Å²) in [5.41, 5.74) is 3.91. The molecule has 0 aromatic rings. The number of nitrogens with two attached hydrogens (primary N) is 1. The lowest BCUT2D eigenvalue weighted by Gasteiger charge is -2.30. The van der Waals surface area contributed by atoms with Gasteiger partial charge in [0.25, 0.3) is 0 Å². The van der Waals surface area contributed by atoms with Gasteiger partial charge in [0, 0.05) is 6.04 Å². The van der Waals surface area contributed by atoms with Crippen LogP contribution in [0.4, 0.5) is 9.59 Å². The molecule has 8 heteroatoms. The highest BCUT2D eigenvalue weighted by molar-refractivity contribution is 5.64. The summed E-state index contributed by atoms with van der Waals surface area (Å²) in [4.78, 5) is 20.1. The van der Waals surface area contributed by atoms with E-state index in [-0.39, 0.29) is 12.6 Å². The molecular weight excluding hydrogens is 280 g/mol. The first-order valence-electron chi connectivity index (χ1n) is 6.85. The van der Waals surface area contributed by atoms with E-state index in [1.54, 1.807) is 13.8 Å². The van der Waals surface area contributed by atoms with Gasteiger partial charge in [-0.1, -0.05) is 27.2 Å². The number of hydrogen-bond acceptors (Lipinski definition) is 6. The van der Waals surface area contributed by atoms with Gasteiger partial charge in [-0.05, 0) is 19.8 Å². The average molecular weight is 307 g/mol. The molecule has 3 unspecified atom stereocenters. The van der Waals surface area contributed by atoms with Gasteiger partial charge < -0.3 is 35.9 Å². The van der Waals surface area contributed by atoms with Crippen LogP contribution in [0.2, 0.25) is 0 Å². The predicted octanol–water partition coefficient (Wildman–Crippen LogP) is -0.0834. The molecule has 0 rings (SSSR count). The standard InChI is InChI=1S/C8H17NO4.C5H11NO2/c1-3-4-8(2,5-10)6(11)13-7(9)12;1-3-4(2)6-5(7)8/h6,10-11H,3-5H2,1-2H3,(H2,9,12);4,6H,3H2,1-2H3,(H,7,8)/p-1. The van der Waals surface area contributed by atoms with Crippen LogP contribution in [-0.4, -0.2) is 41.3 Å². The van der Waals surface area contributed by atoms with Crippen molar-refractivity contribution in [2.75, 3.05) is 6.61 Å². The minimum Gasteiger partial charge on any atom is -0.530 e. The number of nitrogens with one attached hydrogen (secondary N) is 1. The molecule has 0 saturated heterocycles. The number of amides is 2. The quantitative estimate of drug-likeness (QED) is 0.484. The zero-order chi connectivity index (χ0) is 17.1. The smallest absolute Gasteiger partial charge is 0.406 e. The third kappa shape index (κ3) is 10.9. The van der Waals surface area contributed by atoms with Crippen molar-refractivity contribution in [3.8, 4) is 0 Å². The van der Waals surface area contributed by atoms with Crippen molar-refractivity contribution < 1.29 is 29.6 Å². The maximum absolute atomic E-state index is 10.3. The van der Waals surface area contributed by atoms with E-state index in [1.165, 1.54) is 0 Å². The molecule has 0 fully saturated rings. The fraction of sp³-hybridized carbons (Fsp3) is 0.846. The Morgan fingerprint density at radius 1 is 1.43 bits per heavy atom. The summed E-state index contributed by atoms with van der Waals surface area (Å²) in [7, 11) is 0. The van der Waals surface area contributed by atoms with Crippen molar-refractivity contribution in [2.45, 2.75) is 59.3 Å². The summed E-state index contributed by atoms with van der Waals surface area (Å²) in [5.74, 6) is 0. The maximum Gasteiger partial charge on any atom is 0.406 e. The van der Waals surface area contributed by atoms with E-state index in [4.69, 9.17) is 10.8 Å². The molecule has 0 bridgehead atoms. The first-order chi connectivity index (χ1) is 9.62. The van der Waals surface area contributed by atoms with Gasteiger partial charge in [0.15, 0.2) is 0 Å². The van der Waals surface area contributed by atoms with Gasteiger partial charge >= 0.3 is 6.09 Å². The lowest BCUT2D eigenvalue weighted by molar-refractivity contribution is -0.251. The summed E-state index contributed by atoms with van der Waals surface area (Å²) in [6.45, 7) is 6.97. The Bertz CT molecular complexity index is 313. The highest BCUT2D eigenvalue weighted by Gasteiger charge is 2.34. The molecule has 0 radical (unpaired) electrons. The van der Waals surface area contributed by atoms with Crippen LogP contribution in [0.25, 0.3) is 0 Å². The first kappa shape index (κ1) is 21.8. The van der Waals surface area contributed by atoms with E-state index in [0.29, 0.717) is 6.42 Å². The number of aliphatic hydroxyl groups excluding tert-OH is 2. The van der Waals surface area contributed by atoms with E-state index >= 15 is 0 Å². The molecule has 3 atom stereocenters. The molecule has 0 aliphatic heterocycles. The summed E-state index contributed by atoms with van der Waals surface area (Å²) in [6, 6.07) is 0.0139. The first-order valence-corrected chi connectivity index (χ1v) is 6.85. The third-order valence-electron chi connectivity index (χ3n) is 2.98. The van der Waals surface area contributed by atoms with Crippen LogP contribution in [0.15, 0.2) is 0 Å².